The van der Waals surface area contributed by atoms with E-state index >= 15 is 0 Å². The molecule has 2 rings (SSSR count). The highest BCUT2D eigenvalue weighted by molar-refractivity contribution is 9.11. The lowest BCUT2D eigenvalue weighted by atomic mass is 10.1. The zero-order valence-corrected chi connectivity index (χ0v) is 11.4. The summed E-state index contributed by atoms with van der Waals surface area (Å²) in [5.74, 6) is 0.0277. The number of thiophene rings is 1. The zero-order chi connectivity index (χ0) is 11.4. The van der Waals surface area contributed by atoms with E-state index in [9.17, 15) is 4.79 Å². The summed E-state index contributed by atoms with van der Waals surface area (Å²) in [7, 11) is 0. The lowest BCUT2D eigenvalue weighted by Gasteiger charge is -2.10. The van der Waals surface area contributed by atoms with Crippen LogP contribution in [-0.2, 0) is 0 Å². The molecule has 0 aliphatic carbocycles. The average Bonchev–Trinajstić information content (AvgIpc) is 2.89. The number of amides is 1. The Hall–Kier alpha value is -0.390. The van der Waals surface area contributed by atoms with Crippen molar-refractivity contribution >= 4 is 33.2 Å². The summed E-state index contributed by atoms with van der Waals surface area (Å²) in [6.07, 6.45) is 3.52. The van der Waals surface area contributed by atoms with Gasteiger partial charge in [0.1, 0.15) is 0 Å². The molecule has 1 aromatic heterocycles. The summed E-state index contributed by atoms with van der Waals surface area (Å²) in [6, 6.07) is 2.45. The Bertz CT molecular complexity index is 361. The van der Waals surface area contributed by atoms with Crippen molar-refractivity contribution in [3.63, 3.8) is 0 Å². The fourth-order valence-corrected chi connectivity index (χ4v) is 3.03. The number of nitrogens with one attached hydrogen (secondary N) is 2. The Morgan fingerprint density at radius 2 is 2.56 bits per heavy atom. The van der Waals surface area contributed by atoms with Crippen LogP contribution in [0.3, 0.4) is 0 Å². The van der Waals surface area contributed by atoms with Crippen molar-refractivity contribution in [3.05, 3.63) is 20.8 Å². The maximum absolute atomic E-state index is 11.7. The molecule has 0 aromatic carbocycles. The van der Waals surface area contributed by atoms with Crippen LogP contribution in [0, 0.1) is 0 Å². The molecule has 88 valence electrons. The first-order valence-electron chi connectivity index (χ1n) is 5.51. The number of rotatable bonds is 4. The van der Waals surface area contributed by atoms with Gasteiger partial charge in [0.05, 0.1) is 9.35 Å². The molecule has 0 saturated carbocycles. The lowest BCUT2D eigenvalue weighted by Crippen LogP contribution is -2.30. The molecule has 1 fully saturated rings. The van der Waals surface area contributed by atoms with Gasteiger partial charge >= 0.3 is 0 Å². The van der Waals surface area contributed by atoms with Gasteiger partial charge in [-0.25, -0.2) is 0 Å². The Morgan fingerprint density at radius 1 is 1.69 bits per heavy atom. The van der Waals surface area contributed by atoms with Crippen LogP contribution in [0.2, 0.25) is 0 Å². The van der Waals surface area contributed by atoms with E-state index in [-0.39, 0.29) is 5.91 Å². The molecule has 2 N–H and O–H groups in total. The maximum atomic E-state index is 11.7. The van der Waals surface area contributed by atoms with Gasteiger partial charge < -0.3 is 10.6 Å². The Morgan fingerprint density at radius 3 is 3.19 bits per heavy atom. The SMILES string of the molecule is O=C(NCCC1CCCN1)c1csc(Br)c1. The van der Waals surface area contributed by atoms with Crippen molar-refractivity contribution in [1.29, 1.82) is 0 Å². The molecule has 5 heteroatoms. The van der Waals surface area contributed by atoms with Gasteiger partial charge in [-0.1, -0.05) is 0 Å². The molecule has 1 saturated heterocycles. The summed E-state index contributed by atoms with van der Waals surface area (Å²) in [4.78, 5) is 11.7. The molecular weight excluding hydrogens is 288 g/mol. The van der Waals surface area contributed by atoms with Crippen LogP contribution in [-0.4, -0.2) is 25.0 Å². The van der Waals surface area contributed by atoms with E-state index in [0.29, 0.717) is 6.04 Å². The summed E-state index contributed by atoms with van der Waals surface area (Å²) in [5.41, 5.74) is 0.747. The highest BCUT2D eigenvalue weighted by Gasteiger charge is 2.14. The highest BCUT2D eigenvalue weighted by atomic mass is 79.9. The Kier molecular flexibility index (Phi) is 4.37. The van der Waals surface area contributed by atoms with Gasteiger partial charge in [0.15, 0.2) is 0 Å². The Balaban J connectivity index is 1.71. The molecule has 1 unspecified atom stereocenters. The van der Waals surface area contributed by atoms with Crippen molar-refractivity contribution in [2.45, 2.75) is 25.3 Å². The summed E-state index contributed by atoms with van der Waals surface area (Å²) < 4.78 is 0.995. The van der Waals surface area contributed by atoms with Crippen LogP contribution in [0.5, 0.6) is 0 Å². The zero-order valence-electron chi connectivity index (χ0n) is 8.96. The maximum Gasteiger partial charge on any atom is 0.252 e. The van der Waals surface area contributed by atoms with Gasteiger partial charge in [0, 0.05) is 18.0 Å². The largest absolute Gasteiger partial charge is 0.352 e. The highest BCUT2D eigenvalue weighted by Crippen LogP contribution is 2.20. The second-order valence-corrected chi connectivity index (χ2v) is 6.27. The van der Waals surface area contributed by atoms with E-state index in [0.717, 1.165) is 28.9 Å². The van der Waals surface area contributed by atoms with Crippen LogP contribution in [0.25, 0.3) is 0 Å². The number of hydrogen-bond acceptors (Lipinski definition) is 3. The molecular formula is C11H15BrN2OS. The van der Waals surface area contributed by atoms with Crippen molar-refractivity contribution in [1.82, 2.24) is 10.6 Å². The number of carbonyl (C=O) groups is 1. The molecule has 0 radical (unpaired) electrons. The third-order valence-corrected chi connectivity index (χ3v) is 4.27. The summed E-state index contributed by atoms with van der Waals surface area (Å²) in [6.45, 7) is 1.88. The second-order valence-electron chi connectivity index (χ2n) is 3.98. The summed E-state index contributed by atoms with van der Waals surface area (Å²) in [5, 5.41) is 8.23. The first kappa shape index (κ1) is 12.1. The molecule has 16 heavy (non-hydrogen) atoms. The molecule has 1 aliphatic heterocycles. The van der Waals surface area contributed by atoms with Crippen LogP contribution in [0.1, 0.15) is 29.6 Å². The minimum absolute atomic E-state index is 0.0277. The first-order valence-corrected chi connectivity index (χ1v) is 7.18. The monoisotopic (exact) mass is 302 g/mol. The van der Waals surface area contributed by atoms with E-state index in [4.69, 9.17) is 0 Å². The molecule has 0 bridgehead atoms. The quantitative estimate of drug-likeness (QED) is 0.896. The van der Waals surface area contributed by atoms with Gasteiger partial charge in [-0.05, 0) is 47.8 Å². The van der Waals surface area contributed by atoms with Crippen molar-refractivity contribution in [3.8, 4) is 0 Å². The minimum Gasteiger partial charge on any atom is -0.352 e. The molecule has 0 spiro atoms. The smallest absolute Gasteiger partial charge is 0.252 e. The number of carbonyl (C=O) groups excluding carboxylic acids is 1. The first-order chi connectivity index (χ1) is 7.75. The van der Waals surface area contributed by atoms with Gasteiger partial charge in [-0.3, -0.25) is 4.79 Å². The van der Waals surface area contributed by atoms with Crippen LogP contribution in [0.15, 0.2) is 15.2 Å². The van der Waals surface area contributed by atoms with Gasteiger partial charge in [0.25, 0.3) is 5.91 Å². The number of hydrogen-bond donors (Lipinski definition) is 2. The minimum atomic E-state index is 0.0277. The average molecular weight is 303 g/mol. The standard InChI is InChI=1S/C11H15BrN2OS/c12-10-6-8(7-16-10)11(15)14-5-3-9-2-1-4-13-9/h6-7,9,13H,1-5H2,(H,14,15). The lowest BCUT2D eigenvalue weighted by molar-refractivity contribution is 0.0953. The van der Waals surface area contributed by atoms with E-state index in [2.05, 4.69) is 26.6 Å². The Labute approximate surface area is 108 Å². The van der Waals surface area contributed by atoms with Crippen LogP contribution < -0.4 is 10.6 Å². The molecule has 1 aliphatic rings. The topological polar surface area (TPSA) is 41.1 Å². The van der Waals surface area contributed by atoms with Crippen molar-refractivity contribution < 1.29 is 4.79 Å². The van der Waals surface area contributed by atoms with E-state index in [1.54, 1.807) is 0 Å². The van der Waals surface area contributed by atoms with Crippen molar-refractivity contribution in [2.24, 2.45) is 0 Å². The summed E-state index contributed by atoms with van der Waals surface area (Å²) >= 11 is 4.89. The van der Waals surface area contributed by atoms with Gasteiger partial charge in [0.2, 0.25) is 0 Å². The molecule has 3 nitrogen and oxygen atoms in total. The molecule has 2 heterocycles. The number of halogens is 1. The van der Waals surface area contributed by atoms with Crippen molar-refractivity contribution in [2.75, 3.05) is 13.1 Å². The predicted octanol–water partition coefficient (Wildman–Crippen LogP) is 2.38. The molecule has 1 atom stereocenters. The second kappa shape index (κ2) is 5.80. The fourth-order valence-electron chi connectivity index (χ4n) is 1.89. The van der Waals surface area contributed by atoms with E-state index < -0.39 is 0 Å². The predicted molar refractivity (Wildman–Crippen MR) is 70.0 cm³/mol. The van der Waals surface area contributed by atoms with Gasteiger partial charge in [-0.15, -0.1) is 11.3 Å². The third kappa shape index (κ3) is 3.30. The normalized spacial score (nSPS) is 19.9. The van der Waals surface area contributed by atoms with Gasteiger partial charge in [-0.2, -0.15) is 0 Å². The fraction of sp³-hybridized carbons (Fsp3) is 0.545. The van der Waals surface area contributed by atoms with Crippen LogP contribution >= 0.6 is 27.3 Å². The molecule has 1 amide bonds. The van der Waals surface area contributed by atoms with E-state index in [1.165, 1.54) is 24.2 Å². The third-order valence-electron chi connectivity index (χ3n) is 2.77. The van der Waals surface area contributed by atoms with Crippen LogP contribution in [0.4, 0.5) is 0 Å². The van der Waals surface area contributed by atoms with E-state index in [1.807, 2.05) is 11.4 Å². The molecule has 1 aromatic rings.